The Morgan fingerprint density at radius 3 is 2.34 bits per heavy atom. The molecule has 1 heterocycles. The summed E-state index contributed by atoms with van der Waals surface area (Å²) in [5, 5.41) is 12.2. The fourth-order valence-electron chi connectivity index (χ4n) is 3.25. The molecule has 0 atom stereocenters. The second-order valence-corrected chi connectivity index (χ2v) is 7.05. The number of phenols is 1. The topological polar surface area (TPSA) is 59.1 Å². The van der Waals surface area contributed by atoms with Gasteiger partial charge in [0.2, 0.25) is 0 Å². The van der Waals surface area contributed by atoms with Crippen molar-refractivity contribution in [1.82, 2.24) is 4.90 Å². The van der Waals surface area contributed by atoms with Crippen molar-refractivity contribution in [3.05, 3.63) is 48.0 Å². The van der Waals surface area contributed by atoms with E-state index >= 15 is 0 Å². The zero-order valence-electron chi connectivity index (χ0n) is 16.2. The number of phenolic OH excluding ortho intramolecular Hbond substituents is 1. The molecule has 29 heavy (non-hydrogen) atoms. The predicted octanol–water partition coefficient (Wildman–Crippen LogP) is 3.83. The van der Waals surface area contributed by atoms with Gasteiger partial charge in [0.25, 0.3) is 0 Å². The minimum Gasteiger partial charge on any atom is -0.508 e. The molecule has 156 valence electrons. The Morgan fingerprint density at radius 2 is 1.76 bits per heavy atom. The minimum absolute atomic E-state index is 0.116. The van der Waals surface area contributed by atoms with E-state index in [0.717, 1.165) is 17.8 Å². The molecule has 0 spiro atoms. The van der Waals surface area contributed by atoms with Gasteiger partial charge in [0, 0.05) is 52.0 Å². The Morgan fingerprint density at radius 1 is 1.07 bits per heavy atom. The average molecular weight is 408 g/mol. The van der Waals surface area contributed by atoms with E-state index in [0.29, 0.717) is 31.9 Å². The van der Waals surface area contributed by atoms with Gasteiger partial charge >= 0.3 is 12.2 Å². The number of nitrogens with zero attached hydrogens (tertiary/aromatic N) is 3. The third-order valence-electron chi connectivity index (χ3n) is 4.81. The molecule has 0 bridgehead atoms. The van der Waals surface area contributed by atoms with Crippen LogP contribution in [0, 0.1) is 0 Å². The Kier molecular flexibility index (Phi) is 5.76. The summed E-state index contributed by atoms with van der Waals surface area (Å²) < 4.78 is 39.2. The molecule has 2 aromatic rings. The van der Waals surface area contributed by atoms with Crippen LogP contribution in [0.3, 0.4) is 0 Å². The van der Waals surface area contributed by atoms with E-state index in [-0.39, 0.29) is 11.4 Å². The van der Waals surface area contributed by atoms with Gasteiger partial charge in [-0.05, 0) is 30.3 Å². The van der Waals surface area contributed by atoms with Crippen LogP contribution in [0.2, 0.25) is 0 Å². The van der Waals surface area contributed by atoms with Crippen LogP contribution in [0.1, 0.15) is 5.56 Å². The first kappa shape index (κ1) is 20.6. The molecular weight excluding hydrogens is 385 g/mol. The lowest BCUT2D eigenvalue weighted by atomic mass is 10.1. The Balaban J connectivity index is 1.69. The fourth-order valence-corrected chi connectivity index (χ4v) is 3.25. The molecule has 0 saturated carbocycles. The molecule has 1 saturated heterocycles. The number of piperazine rings is 1. The van der Waals surface area contributed by atoms with E-state index in [9.17, 15) is 23.1 Å². The number of hydrogen-bond acceptors (Lipinski definition) is 4. The standard InChI is InChI=1S/C20H23F3N4O2/c1-25(2)18-7-6-14(20(21,22)23)12-17(18)24-19(29)27-10-8-26(9-11-27)15-4-3-5-16(28)13-15/h3-7,12-13,28H,8-11H2,1-2H3,(H,24,29). The van der Waals surface area contributed by atoms with Crippen molar-refractivity contribution in [2.24, 2.45) is 0 Å². The van der Waals surface area contributed by atoms with Crippen molar-refractivity contribution in [2.45, 2.75) is 6.18 Å². The Hall–Kier alpha value is -3.10. The fraction of sp³-hybridized carbons (Fsp3) is 0.350. The normalized spacial score (nSPS) is 14.7. The highest BCUT2D eigenvalue weighted by Crippen LogP contribution is 2.35. The first-order chi connectivity index (χ1) is 13.6. The zero-order chi connectivity index (χ0) is 21.2. The summed E-state index contributed by atoms with van der Waals surface area (Å²) in [6.45, 7) is 1.94. The summed E-state index contributed by atoms with van der Waals surface area (Å²) in [4.78, 5) is 17.9. The van der Waals surface area contributed by atoms with Gasteiger partial charge in [-0.1, -0.05) is 6.07 Å². The lowest BCUT2D eigenvalue weighted by Gasteiger charge is -2.36. The number of hydrogen-bond donors (Lipinski definition) is 2. The second-order valence-electron chi connectivity index (χ2n) is 7.05. The third-order valence-corrected chi connectivity index (χ3v) is 4.81. The smallest absolute Gasteiger partial charge is 0.416 e. The number of anilines is 3. The van der Waals surface area contributed by atoms with Crippen molar-refractivity contribution in [3.63, 3.8) is 0 Å². The highest BCUT2D eigenvalue weighted by molar-refractivity contribution is 5.93. The number of carbonyl (C=O) groups is 1. The van der Waals surface area contributed by atoms with E-state index in [4.69, 9.17) is 0 Å². The zero-order valence-corrected chi connectivity index (χ0v) is 16.2. The summed E-state index contributed by atoms with van der Waals surface area (Å²) in [5.41, 5.74) is 0.653. The predicted molar refractivity (Wildman–Crippen MR) is 107 cm³/mol. The van der Waals surface area contributed by atoms with E-state index in [2.05, 4.69) is 5.32 Å². The second kappa shape index (κ2) is 8.10. The molecule has 1 aliphatic rings. The maximum Gasteiger partial charge on any atom is 0.416 e. The number of alkyl halides is 3. The molecular formula is C20H23F3N4O2. The van der Waals surface area contributed by atoms with Gasteiger partial charge in [-0.25, -0.2) is 4.79 Å². The third kappa shape index (κ3) is 4.85. The van der Waals surface area contributed by atoms with Crippen LogP contribution in [-0.2, 0) is 6.18 Å². The molecule has 2 amide bonds. The number of nitrogens with one attached hydrogen (secondary N) is 1. The van der Waals surface area contributed by atoms with Crippen molar-refractivity contribution in [2.75, 3.05) is 55.4 Å². The van der Waals surface area contributed by atoms with E-state index in [1.54, 1.807) is 42.1 Å². The maximum atomic E-state index is 13.1. The van der Waals surface area contributed by atoms with Crippen LogP contribution < -0.4 is 15.1 Å². The van der Waals surface area contributed by atoms with E-state index in [1.165, 1.54) is 6.07 Å². The van der Waals surface area contributed by atoms with Crippen molar-refractivity contribution in [3.8, 4) is 5.75 Å². The molecule has 0 aliphatic carbocycles. The summed E-state index contributed by atoms with van der Waals surface area (Å²) in [7, 11) is 3.40. The van der Waals surface area contributed by atoms with Gasteiger partial charge in [0.15, 0.2) is 0 Å². The number of rotatable bonds is 3. The van der Waals surface area contributed by atoms with Crippen molar-refractivity contribution in [1.29, 1.82) is 0 Å². The van der Waals surface area contributed by atoms with Gasteiger partial charge in [-0.15, -0.1) is 0 Å². The maximum absolute atomic E-state index is 13.1. The summed E-state index contributed by atoms with van der Waals surface area (Å²) in [6, 6.07) is 9.73. The number of benzene rings is 2. The first-order valence-electron chi connectivity index (χ1n) is 9.13. The van der Waals surface area contributed by atoms with Gasteiger partial charge < -0.3 is 25.1 Å². The number of halogens is 3. The van der Waals surface area contributed by atoms with Crippen molar-refractivity contribution < 1.29 is 23.1 Å². The molecule has 1 aliphatic heterocycles. The monoisotopic (exact) mass is 408 g/mol. The van der Waals surface area contributed by atoms with E-state index in [1.807, 2.05) is 11.0 Å². The highest BCUT2D eigenvalue weighted by Gasteiger charge is 2.32. The highest BCUT2D eigenvalue weighted by atomic mass is 19.4. The SMILES string of the molecule is CN(C)c1ccc(C(F)(F)F)cc1NC(=O)N1CCN(c2cccc(O)c2)CC1. The molecule has 0 unspecified atom stereocenters. The van der Waals surface area contributed by atoms with Crippen LogP contribution in [0.4, 0.5) is 35.0 Å². The number of aromatic hydroxyl groups is 1. The largest absolute Gasteiger partial charge is 0.508 e. The van der Waals surface area contributed by atoms with Gasteiger partial charge in [0.1, 0.15) is 5.75 Å². The molecule has 3 rings (SSSR count). The van der Waals surface area contributed by atoms with Crippen LogP contribution in [0.15, 0.2) is 42.5 Å². The van der Waals surface area contributed by atoms with Gasteiger partial charge in [0.05, 0.1) is 16.9 Å². The number of carbonyl (C=O) groups excluding carboxylic acids is 1. The van der Waals surface area contributed by atoms with Crippen LogP contribution in [-0.4, -0.2) is 56.3 Å². The van der Waals surface area contributed by atoms with Crippen LogP contribution in [0.25, 0.3) is 0 Å². The summed E-state index contributed by atoms with van der Waals surface area (Å²) in [6.07, 6.45) is -4.49. The molecule has 2 N–H and O–H groups in total. The molecule has 0 aromatic heterocycles. The molecule has 2 aromatic carbocycles. The quantitative estimate of drug-likeness (QED) is 0.811. The average Bonchev–Trinajstić information content (AvgIpc) is 2.67. The molecule has 6 nitrogen and oxygen atoms in total. The lowest BCUT2D eigenvalue weighted by Crippen LogP contribution is -2.50. The van der Waals surface area contributed by atoms with Crippen LogP contribution in [0.5, 0.6) is 5.75 Å². The van der Waals surface area contributed by atoms with Gasteiger partial charge in [-0.2, -0.15) is 13.2 Å². The van der Waals surface area contributed by atoms with Crippen LogP contribution >= 0.6 is 0 Å². The van der Waals surface area contributed by atoms with Crippen molar-refractivity contribution >= 4 is 23.1 Å². The molecule has 1 fully saturated rings. The van der Waals surface area contributed by atoms with E-state index < -0.39 is 17.8 Å². The minimum atomic E-state index is -4.49. The number of amides is 2. The first-order valence-corrected chi connectivity index (χ1v) is 9.13. The van der Waals surface area contributed by atoms with Gasteiger partial charge in [-0.3, -0.25) is 0 Å². The summed E-state index contributed by atoms with van der Waals surface area (Å²) in [5.74, 6) is 0.170. The lowest BCUT2D eigenvalue weighted by molar-refractivity contribution is -0.137. The molecule has 0 radical (unpaired) electrons. The number of urea groups is 1. The summed E-state index contributed by atoms with van der Waals surface area (Å²) >= 11 is 0. The Bertz CT molecular complexity index is 878. The molecule has 9 heteroatoms. The Labute approximate surface area is 167 Å².